The van der Waals surface area contributed by atoms with Crippen molar-refractivity contribution < 1.29 is 78.9 Å². The predicted molar refractivity (Wildman–Crippen MR) is 113 cm³/mol. The Morgan fingerprint density at radius 3 is 1.24 bits per heavy atom. The van der Waals surface area contributed by atoms with E-state index in [0.717, 1.165) is 0 Å². The predicted octanol–water partition coefficient (Wildman–Crippen LogP) is 5.96. The van der Waals surface area contributed by atoms with Gasteiger partial charge in [0.05, 0.1) is 0 Å². The van der Waals surface area contributed by atoms with Crippen LogP contribution in [0.3, 0.4) is 0 Å². The molecule has 0 radical (unpaired) electrons. The Hall–Kier alpha value is -0.242. The standard InChI is InChI=1S/C15H27F13O5Si4/c1-34(2)31-37(32-35(3)4,33-36(5)6)8-7-10(17,13(21,22)23)29-15(27,28)12(20,14(24,25)26)30-11(18,19)9-16/h34-36H,7-9H2,1-6H3. The van der Waals surface area contributed by atoms with Gasteiger partial charge in [-0.3, -0.25) is 9.47 Å². The highest BCUT2D eigenvalue weighted by Crippen LogP contribution is 2.53. The molecular formula is C15H27F13O5Si4. The molecule has 0 saturated heterocycles. The lowest BCUT2D eigenvalue weighted by atomic mass is 10.2. The van der Waals surface area contributed by atoms with Crippen LogP contribution in [0.15, 0.2) is 0 Å². The van der Waals surface area contributed by atoms with Gasteiger partial charge in [0.2, 0.25) is 0 Å². The van der Waals surface area contributed by atoms with Crippen molar-refractivity contribution in [3.8, 4) is 0 Å². The summed E-state index contributed by atoms with van der Waals surface area (Å²) in [6.45, 7) is 5.79. The third-order valence-electron chi connectivity index (χ3n) is 3.90. The summed E-state index contributed by atoms with van der Waals surface area (Å²) in [7, 11) is -11.0. The van der Waals surface area contributed by atoms with Crippen LogP contribution >= 0.6 is 0 Å². The minimum atomic E-state index is -7.24. The van der Waals surface area contributed by atoms with Crippen molar-refractivity contribution in [2.75, 3.05) is 6.67 Å². The lowest BCUT2D eigenvalue weighted by molar-refractivity contribution is -0.530. The first-order valence-corrected chi connectivity index (χ1v) is 20.7. The molecule has 37 heavy (non-hydrogen) atoms. The normalized spacial score (nSPS) is 18.0. The Bertz CT molecular complexity index is 699. The minimum Gasteiger partial charge on any atom is -0.420 e. The molecule has 0 bridgehead atoms. The number of hydrogen-bond donors (Lipinski definition) is 0. The van der Waals surface area contributed by atoms with Crippen LogP contribution in [0, 0.1) is 0 Å². The summed E-state index contributed by atoms with van der Waals surface area (Å²) in [6, 6.07) is -1.26. The van der Waals surface area contributed by atoms with Gasteiger partial charge in [-0.2, -0.15) is 48.3 Å². The third kappa shape index (κ3) is 10.0. The largest absolute Gasteiger partial charge is 0.469 e. The molecule has 2 unspecified atom stereocenters. The number of rotatable bonds is 15. The van der Waals surface area contributed by atoms with Crippen LogP contribution in [-0.4, -0.2) is 78.9 Å². The molecule has 2 atom stereocenters. The lowest BCUT2D eigenvalue weighted by Gasteiger charge is -2.40. The zero-order valence-electron chi connectivity index (χ0n) is 20.3. The van der Waals surface area contributed by atoms with E-state index in [9.17, 15) is 57.1 Å². The van der Waals surface area contributed by atoms with E-state index >= 15 is 0 Å². The maximum absolute atomic E-state index is 15.0. The van der Waals surface area contributed by atoms with Crippen LogP contribution in [0.25, 0.3) is 0 Å². The van der Waals surface area contributed by atoms with Gasteiger partial charge in [0.1, 0.15) is 0 Å². The summed E-state index contributed by atoms with van der Waals surface area (Å²) >= 11 is 0. The summed E-state index contributed by atoms with van der Waals surface area (Å²) in [5.74, 6) is -12.9. The molecule has 0 rings (SSSR count). The summed E-state index contributed by atoms with van der Waals surface area (Å²) in [4.78, 5) is 0. The second-order valence-corrected chi connectivity index (χ2v) is 19.5. The average Bonchev–Trinajstić information content (AvgIpc) is 2.62. The molecule has 0 aromatic carbocycles. The fourth-order valence-electron chi connectivity index (χ4n) is 2.69. The van der Waals surface area contributed by atoms with Gasteiger partial charge in [0, 0.05) is 12.5 Å². The van der Waals surface area contributed by atoms with Crippen molar-refractivity contribution in [3.05, 3.63) is 0 Å². The summed E-state index contributed by atoms with van der Waals surface area (Å²) < 4.78 is 197. The Morgan fingerprint density at radius 1 is 0.595 bits per heavy atom. The van der Waals surface area contributed by atoms with E-state index in [2.05, 4.69) is 9.47 Å². The molecule has 0 fully saturated rings. The first kappa shape index (κ1) is 36.8. The Morgan fingerprint density at radius 2 is 0.973 bits per heavy atom. The first-order chi connectivity index (χ1) is 16.2. The summed E-state index contributed by atoms with van der Waals surface area (Å²) in [5.41, 5.74) is 0. The molecule has 0 amide bonds. The summed E-state index contributed by atoms with van der Waals surface area (Å²) in [6.07, 6.45) is -29.1. The van der Waals surface area contributed by atoms with E-state index < -0.39 is 91.3 Å². The molecule has 22 heteroatoms. The Kier molecular flexibility index (Phi) is 12.4. The molecule has 0 aliphatic heterocycles. The number of alkyl halides is 13. The van der Waals surface area contributed by atoms with Crippen LogP contribution in [0.1, 0.15) is 6.42 Å². The zero-order valence-corrected chi connectivity index (χ0v) is 24.8. The van der Waals surface area contributed by atoms with Crippen molar-refractivity contribution in [2.24, 2.45) is 0 Å². The SMILES string of the molecule is C[SiH](C)O[Si](CCC(F)(OC(F)(F)C(F)(OC(F)(F)CF)C(F)(F)F)C(F)(F)F)(O[SiH](C)C)O[SiH](C)C. The van der Waals surface area contributed by atoms with E-state index in [-0.39, 0.29) is 0 Å². The second kappa shape index (κ2) is 12.5. The molecule has 0 heterocycles. The highest BCUT2D eigenvalue weighted by molar-refractivity contribution is 6.79. The highest BCUT2D eigenvalue weighted by atomic mass is 28.5. The van der Waals surface area contributed by atoms with Crippen molar-refractivity contribution in [1.82, 2.24) is 0 Å². The fraction of sp³-hybridized carbons (Fsp3) is 1.00. The smallest absolute Gasteiger partial charge is 0.420 e. The number of ether oxygens (including phenoxy) is 2. The molecule has 0 aromatic heterocycles. The zero-order chi connectivity index (χ0) is 29.9. The van der Waals surface area contributed by atoms with Gasteiger partial charge in [0.15, 0.2) is 33.8 Å². The van der Waals surface area contributed by atoms with Gasteiger partial charge in [-0.05, 0) is 39.3 Å². The van der Waals surface area contributed by atoms with Crippen LogP contribution < -0.4 is 0 Å². The molecule has 0 aliphatic carbocycles. The highest BCUT2D eigenvalue weighted by Gasteiger charge is 2.80. The molecule has 224 valence electrons. The van der Waals surface area contributed by atoms with Gasteiger partial charge in [-0.25, -0.2) is 8.78 Å². The third-order valence-corrected chi connectivity index (χ3v) is 14.7. The average molecular weight is 647 g/mol. The summed E-state index contributed by atoms with van der Waals surface area (Å²) in [5, 5.41) is 0. The van der Waals surface area contributed by atoms with Gasteiger partial charge < -0.3 is 12.3 Å². The quantitative estimate of drug-likeness (QED) is 0.162. The molecule has 5 nitrogen and oxygen atoms in total. The first-order valence-electron chi connectivity index (χ1n) is 10.4. The molecule has 0 saturated carbocycles. The van der Waals surface area contributed by atoms with Gasteiger partial charge in [-0.1, -0.05) is 0 Å². The Labute approximate surface area is 210 Å². The molecule has 0 spiro atoms. The van der Waals surface area contributed by atoms with Crippen molar-refractivity contribution in [3.63, 3.8) is 0 Å². The second-order valence-electron chi connectivity index (χ2n) is 8.49. The number of halogens is 13. The van der Waals surface area contributed by atoms with Crippen LogP contribution in [0.4, 0.5) is 57.1 Å². The van der Waals surface area contributed by atoms with Gasteiger partial charge in [-0.15, -0.1) is 0 Å². The van der Waals surface area contributed by atoms with Crippen LogP contribution in [-0.2, 0) is 21.8 Å². The Balaban J connectivity index is 6.58. The van der Waals surface area contributed by atoms with Gasteiger partial charge >= 0.3 is 45.1 Å². The minimum absolute atomic E-state index is 1.26. The molecular weight excluding hydrogens is 619 g/mol. The number of hydrogen-bond acceptors (Lipinski definition) is 5. The van der Waals surface area contributed by atoms with E-state index in [1.165, 1.54) is 39.3 Å². The van der Waals surface area contributed by atoms with E-state index in [4.69, 9.17) is 12.3 Å². The van der Waals surface area contributed by atoms with E-state index in [0.29, 0.717) is 0 Å². The molecule has 0 aliphatic rings. The molecule has 0 N–H and O–H groups in total. The van der Waals surface area contributed by atoms with Crippen molar-refractivity contribution >= 4 is 35.9 Å². The van der Waals surface area contributed by atoms with Crippen LogP contribution in [0.5, 0.6) is 0 Å². The fourth-order valence-corrected chi connectivity index (χ4v) is 15.5. The van der Waals surface area contributed by atoms with Crippen molar-refractivity contribution in [1.29, 1.82) is 0 Å². The maximum Gasteiger partial charge on any atom is 0.469 e. The molecule has 0 aromatic rings. The van der Waals surface area contributed by atoms with Crippen molar-refractivity contribution in [2.45, 2.75) is 88.0 Å². The van der Waals surface area contributed by atoms with E-state index in [1.54, 1.807) is 0 Å². The van der Waals surface area contributed by atoms with Gasteiger partial charge in [0.25, 0.3) is 0 Å². The topological polar surface area (TPSA) is 46.2 Å². The maximum atomic E-state index is 15.0. The van der Waals surface area contributed by atoms with Crippen LogP contribution in [0.2, 0.25) is 45.3 Å². The lowest BCUT2D eigenvalue weighted by Crippen LogP contribution is -2.64. The van der Waals surface area contributed by atoms with E-state index in [1.807, 2.05) is 0 Å². The monoisotopic (exact) mass is 646 g/mol.